The number of benzene rings is 1. The predicted octanol–water partition coefficient (Wildman–Crippen LogP) is 3.15. The van der Waals surface area contributed by atoms with Crippen LogP contribution in [0.5, 0.6) is 5.88 Å². The van der Waals surface area contributed by atoms with E-state index in [0.717, 1.165) is 32.6 Å². The Bertz CT molecular complexity index is 1940. The Morgan fingerprint density at radius 2 is 1.77 bits per heavy atom. The number of carbonyl (C=O) groups excluding carboxylic acids is 1. The molecule has 228 valence electrons. The second kappa shape index (κ2) is 12.7. The van der Waals surface area contributed by atoms with E-state index in [1.807, 2.05) is 19.0 Å². The van der Waals surface area contributed by atoms with E-state index in [0.29, 0.717) is 16.0 Å². The summed E-state index contributed by atoms with van der Waals surface area (Å²) in [6.45, 7) is -0.240. The molecule has 0 unspecified atom stereocenters. The number of carbonyl (C=O) groups is 1. The summed E-state index contributed by atoms with van der Waals surface area (Å²) in [5.74, 6) is -1.40. The van der Waals surface area contributed by atoms with Crippen molar-refractivity contribution in [2.45, 2.75) is 13.1 Å². The zero-order valence-corrected chi connectivity index (χ0v) is 24.7. The Morgan fingerprint density at radius 1 is 1.02 bits per heavy atom. The van der Waals surface area contributed by atoms with Gasteiger partial charge < -0.3 is 9.64 Å². The summed E-state index contributed by atoms with van der Waals surface area (Å²) in [5.41, 5.74) is 1.36. The first kappa shape index (κ1) is 30.4. The molecule has 5 rings (SSSR count). The van der Waals surface area contributed by atoms with Gasteiger partial charge in [0.25, 0.3) is 5.56 Å². The van der Waals surface area contributed by atoms with Crippen molar-refractivity contribution in [1.29, 1.82) is 0 Å². The summed E-state index contributed by atoms with van der Waals surface area (Å²) < 4.78 is 36.7. The van der Waals surface area contributed by atoms with Crippen LogP contribution in [0.3, 0.4) is 0 Å². The molecule has 0 fully saturated rings. The van der Waals surface area contributed by atoms with Crippen LogP contribution in [0.1, 0.15) is 11.1 Å². The smallest absolute Gasteiger partial charge is 0.344 e. The fourth-order valence-corrected chi connectivity index (χ4v) is 5.82. The van der Waals surface area contributed by atoms with Gasteiger partial charge in [-0.1, -0.05) is 6.07 Å². The van der Waals surface area contributed by atoms with Gasteiger partial charge in [-0.3, -0.25) is 19.5 Å². The number of anilines is 1. The Balaban J connectivity index is 1.79. The minimum absolute atomic E-state index is 0.0968. The van der Waals surface area contributed by atoms with Gasteiger partial charge >= 0.3 is 11.7 Å². The lowest BCUT2D eigenvalue weighted by molar-refractivity contribution is 0.114. The molecule has 16 heteroatoms. The molecule has 13 nitrogen and oxygen atoms in total. The molecule has 0 saturated heterocycles. The van der Waals surface area contributed by atoms with Gasteiger partial charge in [-0.15, -0.1) is 21.5 Å². The standard InChI is InChI=1S/C28H26F2N8O5S/c1-36(2)13-17-23-25(39)38(21-10-11-22(42-3)34-33-21)28(41)37(14-16-18(29)6-5-7-19(16)30)26(23)44-24(17)15-8-9-20(31-12-15)32-27(40)35-43-4/h5-12H,13-14H2,1-4H3,(H2,31,32,35,40). The maximum atomic E-state index is 14.8. The number of thiophene rings is 1. The lowest BCUT2D eigenvalue weighted by Crippen LogP contribution is -2.39. The van der Waals surface area contributed by atoms with Crippen molar-refractivity contribution in [2.75, 3.05) is 33.6 Å². The summed E-state index contributed by atoms with van der Waals surface area (Å²) >= 11 is 1.11. The highest BCUT2D eigenvalue weighted by Crippen LogP contribution is 2.38. The maximum Gasteiger partial charge on any atom is 0.344 e. The normalized spacial score (nSPS) is 11.2. The van der Waals surface area contributed by atoms with Gasteiger partial charge in [0.2, 0.25) is 5.88 Å². The lowest BCUT2D eigenvalue weighted by atomic mass is 10.1. The number of amides is 2. The maximum absolute atomic E-state index is 14.8. The SMILES string of the molecule is CONC(=O)Nc1ccc(-c2sc3c(c2CN(C)C)c(=O)n(-c2ccc(OC)nn2)c(=O)n3Cc2c(F)cccc2F)cn1. The summed E-state index contributed by atoms with van der Waals surface area (Å²) in [6.07, 6.45) is 1.50. The third-order valence-electron chi connectivity index (χ3n) is 6.45. The molecule has 44 heavy (non-hydrogen) atoms. The number of hydrogen-bond donors (Lipinski definition) is 2. The average molecular weight is 625 g/mol. The monoisotopic (exact) mass is 624 g/mol. The van der Waals surface area contributed by atoms with Crippen molar-refractivity contribution in [1.82, 2.24) is 34.7 Å². The van der Waals surface area contributed by atoms with E-state index >= 15 is 0 Å². The molecule has 5 aromatic rings. The first-order chi connectivity index (χ1) is 21.1. The van der Waals surface area contributed by atoms with Gasteiger partial charge in [-0.25, -0.2) is 33.4 Å². The Labute approximate surface area is 252 Å². The van der Waals surface area contributed by atoms with E-state index in [9.17, 15) is 23.2 Å². The first-order valence-electron chi connectivity index (χ1n) is 13.0. The number of urea groups is 1. The fourth-order valence-electron chi connectivity index (χ4n) is 4.53. The number of methoxy groups -OCH3 is 1. The van der Waals surface area contributed by atoms with Crippen molar-refractivity contribution in [2.24, 2.45) is 0 Å². The molecule has 0 aliphatic rings. The molecule has 0 aliphatic carbocycles. The fraction of sp³-hybridized carbons (Fsp3) is 0.214. The number of pyridine rings is 1. The van der Waals surface area contributed by atoms with Crippen molar-refractivity contribution < 1.29 is 23.1 Å². The molecule has 1 aromatic carbocycles. The number of halogens is 2. The number of nitrogens with zero attached hydrogens (tertiary/aromatic N) is 6. The summed E-state index contributed by atoms with van der Waals surface area (Å²) in [4.78, 5) is 51.4. The molecule has 0 saturated carbocycles. The highest BCUT2D eigenvalue weighted by molar-refractivity contribution is 7.22. The molecule has 0 spiro atoms. The van der Waals surface area contributed by atoms with Gasteiger partial charge in [-0.05, 0) is 50.0 Å². The van der Waals surface area contributed by atoms with E-state index < -0.39 is 35.5 Å². The Hall–Kier alpha value is -5.06. The van der Waals surface area contributed by atoms with Crippen LogP contribution in [0.4, 0.5) is 19.4 Å². The summed E-state index contributed by atoms with van der Waals surface area (Å²) in [7, 11) is 6.31. The van der Waals surface area contributed by atoms with Gasteiger partial charge in [0, 0.05) is 34.8 Å². The molecule has 0 radical (unpaired) electrons. The van der Waals surface area contributed by atoms with Crippen LogP contribution >= 0.6 is 11.3 Å². The number of rotatable bonds is 9. The first-order valence-corrected chi connectivity index (χ1v) is 13.8. The minimum atomic E-state index is -0.865. The molecule has 4 aromatic heterocycles. The molecule has 2 amide bonds. The van der Waals surface area contributed by atoms with Crippen LogP contribution in [0.2, 0.25) is 0 Å². The highest BCUT2D eigenvalue weighted by Gasteiger charge is 2.26. The number of hydroxylamine groups is 1. The summed E-state index contributed by atoms with van der Waals surface area (Å²) in [5, 5.41) is 10.6. The van der Waals surface area contributed by atoms with Crippen LogP contribution in [0.25, 0.3) is 26.5 Å². The number of hydrogen-bond acceptors (Lipinski definition) is 10. The Morgan fingerprint density at radius 3 is 2.36 bits per heavy atom. The largest absolute Gasteiger partial charge is 0.480 e. The van der Waals surface area contributed by atoms with Gasteiger partial charge in [0.05, 0.1) is 26.2 Å². The Kier molecular flexibility index (Phi) is 8.75. The number of ether oxygens (including phenoxy) is 1. The molecule has 0 atom stereocenters. The molecule has 0 bridgehead atoms. The molecule has 2 N–H and O–H groups in total. The molecular formula is C28H26F2N8O5S. The van der Waals surface area contributed by atoms with E-state index in [1.165, 1.54) is 38.6 Å². The minimum Gasteiger partial charge on any atom is -0.480 e. The highest BCUT2D eigenvalue weighted by atomic mass is 32.1. The van der Waals surface area contributed by atoms with E-state index in [-0.39, 0.29) is 39.8 Å². The summed E-state index contributed by atoms with van der Waals surface area (Å²) in [6, 6.07) is 8.86. The van der Waals surface area contributed by atoms with Crippen LogP contribution < -0.4 is 26.8 Å². The van der Waals surface area contributed by atoms with Crippen LogP contribution in [0.15, 0.2) is 58.3 Å². The van der Waals surface area contributed by atoms with Crippen LogP contribution in [-0.2, 0) is 17.9 Å². The zero-order chi connectivity index (χ0) is 31.5. The zero-order valence-electron chi connectivity index (χ0n) is 23.9. The lowest BCUT2D eigenvalue weighted by Gasteiger charge is -2.14. The average Bonchev–Trinajstić information content (AvgIpc) is 3.36. The van der Waals surface area contributed by atoms with Crippen molar-refractivity contribution >= 4 is 33.4 Å². The van der Waals surface area contributed by atoms with Crippen molar-refractivity contribution in [3.8, 4) is 22.1 Å². The quantitative estimate of drug-likeness (QED) is 0.236. The van der Waals surface area contributed by atoms with Crippen molar-refractivity contribution in [3.63, 3.8) is 0 Å². The number of aromatic nitrogens is 5. The third kappa shape index (κ3) is 5.90. The van der Waals surface area contributed by atoms with E-state index in [1.54, 1.807) is 12.1 Å². The van der Waals surface area contributed by atoms with Crippen molar-refractivity contribution in [3.05, 3.63) is 92.3 Å². The van der Waals surface area contributed by atoms with E-state index in [4.69, 9.17) is 4.74 Å². The molecule has 4 heterocycles. The molecule has 0 aliphatic heterocycles. The van der Waals surface area contributed by atoms with Crippen LogP contribution in [0, 0.1) is 11.6 Å². The van der Waals surface area contributed by atoms with Gasteiger partial charge in [-0.2, -0.15) is 0 Å². The van der Waals surface area contributed by atoms with Crippen LogP contribution in [-0.4, -0.2) is 63.6 Å². The van der Waals surface area contributed by atoms with Gasteiger partial charge in [0.15, 0.2) is 5.82 Å². The topological polar surface area (TPSA) is 146 Å². The second-order valence-corrected chi connectivity index (χ2v) is 10.7. The number of fused-ring (bicyclic) bond motifs is 1. The van der Waals surface area contributed by atoms with Gasteiger partial charge in [0.1, 0.15) is 22.3 Å². The second-order valence-electron chi connectivity index (χ2n) is 9.66. The van der Waals surface area contributed by atoms with E-state index in [2.05, 4.69) is 30.8 Å². The predicted molar refractivity (Wildman–Crippen MR) is 159 cm³/mol. The molecular weight excluding hydrogens is 598 g/mol. The number of nitrogens with one attached hydrogen (secondary N) is 2. The third-order valence-corrected chi connectivity index (χ3v) is 7.76.